The molecule has 1 heteroatoms. The standard InChI is InChI=1S/C65H63N/c1-61(2)38-40-63(5,6)59-50(29-20-31-54(59)61)52-42-51-49-28-18-19-30-53(49)65(46-24-14-10-15-25-46,47-26-16-11-17-27-47)56(51)43-58(52)66(48-36-34-45(35-37-48)44-22-12-9-13-23-44)57-33-21-32-55-60(57)64(7,8)41-39-62(55,3)4/h9-37,42-43H,38-41H2,1-8H3. The van der Waals surface area contributed by atoms with Crippen molar-refractivity contribution >= 4 is 17.1 Å². The Morgan fingerprint density at radius 1 is 0.318 bits per heavy atom. The molecular formula is C65H63N. The number of anilines is 3. The summed E-state index contributed by atoms with van der Waals surface area (Å²) < 4.78 is 0. The van der Waals surface area contributed by atoms with Crippen molar-refractivity contribution in [2.45, 2.75) is 108 Å². The van der Waals surface area contributed by atoms with E-state index in [9.17, 15) is 0 Å². The zero-order valence-electron chi connectivity index (χ0n) is 40.2. The molecule has 0 fully saturated rings. The van der Waals surface area contributed by atoms with Crippen molar-refractivity contribution in [2.75, 3.05) is 4.90 Å². The molecule has 8 aromatic rings. The van der Waals surface area contributed by atoms with Crippen LogP contribution in [0, 0.1) is 0 Å². The van der Waals surface area contributed by atoms with E-state index in [0.29, 0.717) is 0 Å². The van der Waals surface area contributed by atoms with Crippen molar-refractivity contribution in [1.29, 1.82) is 0 Å². The lowest BCUT2D eigenvalue weighted by atomic mass is 9.61. The number of nitrogens with zero attached hydrogens (tertiary/aromatic N) is 1. The first-order chi connectivity index (χ1) is 31.7. The van der Waals surface area contributed by atoms with Crippen LogP contribution in [-0.4, -0.2) is 0 Å². The van der Waals surface area contributed by atoms with Crippen molar-refractivity contribution in [3.63, 3.8) is 0 Å². The number of benzene rings is 8. The van der Waals surface area contributed by atoms with E-state index in [0.717, 1.165) is 24.9 Å². The Morgan fingerprint density at radius 3 is 1.41 bits per heavy atom. The molecule has 0 unspecified atom stereocenters. The maximum Gasteiger partial charge on any atom is 0.0714 e. The molecule has 0 atom stereocenters. The Bertz CT molecular complexity index is 3070. The lowest BCUT2D eigenvalue weighted by molar-refractivity contribution is 0.332. The van der Waals surface area contributed by atoms with Gasteiger partial charge in [-0.3, -0.25) is 0 Å². The Labute approximate surface area is 394 Å². The van der Waals surface area contributed by atoms with Crippen molar-refractivity contribution in [3.05, 3.63) is 233 Å². The zero-order valence-corrected chi connectivity index (χ0v) is 40.2. The first kappa shape index (κ1) is 42.2. The van der Waals surface area contributed by atoms with Crippen LogP contribution in [0.5, 0.6) is 0 Å². The Hall–Kier alpha value is -6.44. The number of hydrogen-bond donors (Lipinski definition) is 0. The van der Waals surface area contributed by atoms with Gasteiger partial charge in [0.15, 0.2) is 0 Å². The lowest BCUT2D eigenvalue weighted by Gasteiger charge is -2.45. The van der Waals surface area contributed by atoms with Crippen molar-refractivity contribution in [3.8, 4) is 33.4 Å². The number of rotatable bonds is 7. The molecule has 0 N–H and O–H groups in total. The summed E-state index contributed by atoms with van der Waals surface area (Å²) in [5.41, 5.74) is 21.9. The molecule has 0 radical (unpaired) electrons. The van der Waals surface area contributed by atoms with Gasteiger partial charge in [0.25, 0.3) is 0 Å². The molecule has 0 spiro atoms. The maximum atomic E-state index is 2.68. The van der Waals surface area contributed by atoms with E-state index in [1.165, 1.54) is 95.7 Å². The largest absolute Gasteiger partial charge is 0.310 e. The van der Waals surface area contributed by atoms with Gasteiger partial charge in [-0.2, -0.15) is 0 Å². The van der Waals surface area contributed by atoms with Crippen LogP contribution in [-0.2, 0) is 27.1 Å². The summed E-state index contributed by atoms with van der Waals surface area (Å²) in [5.74, 6) is 0. The van der Waals surface area contributed by atoms with Gasteiger partial charge >= 0.3 is 0 Å². The van der Waals surface area contributed by atoms with Crippen LogP contribution in [0.25, 0.3) is 33.4 Å². The normalized spacial score (nSPS) is 17.8. The van der Waals surface area contributed by atoms with E-state index in [2.05, 4.69) is 248 Å². The fourth-order valence-corrected chi connectivity index (χ4v) is 12.6. The van der Waals surface area contributed by atoms with E-state index in [-0.39, 0.29) is 21.7 Å². The van der Waals surface area contributed by atoms with Gasteiger partial charge in [0.2, 0.25) is 0 Å². The topological polar surface area (TPSA) is 3.24 Å². The average molecular weight is 858 g/mol. The van der Waals surface area contributed by atoms with E-state index < -0.39 is 5.41 Å². The fraction of sp³-hybridized carbons (Fsp3) is 0.262. The molecule has 11 rings (SSSR count). The summed E-state index contributed by atoms with van der Waals surface area (Å²) in [7, 11) is 0. The van der Waals surface area contributed by atoms with Gasteiger partial charge in [0.1, 0.15) is 0 Å². The summed E-state index contributed by atoms with van der Waals surface area (Å²) in [5, 5.41) is 0. The van der Waals surface area contributed by atoms with Crippen LogP contribution in [0.1, 0.15) is 126 Å². The Morgan fingerprint density at radius 2 is 0.788 bits per heavy atom. The monoisotopic (exact) mass is 857 g/mol. The van der Waals surface area contributed by atoms with E-state index in [1.54, 1.807) is 0 Å². The predicted octanol–water partition coefficient (Wildman–Crippen LogP) is 17.6. The molecular weight excluding hydrogens is 795 g/mol. The second-order valence-corrected chi connectivity index (χ2v) is 22.2. The molecule has 328 valence electrons. The van der Waals surface area contributed by atoms with Crippen LogP contribution in [0.2, 0.25) is 0 Å². The third-order valence-electron chi connectivity index (χ3n) is 16.2. The number of fused-ring (bicyclic) bond motifs is 5. The second kappa shape index (κ2) is 15.3. The smallest absolute Gasteiger partial charge is 0.0714 e. The highest BCUT2D eigenvalue weighted by molar-refractivity contribution is 5.98. The van der Waals surface area contributed by atoms with Crippen LogP contribution in [0.15, 0.2) is 188 Å². The van der Waals surface area contributed by atoms with E-state index in [4.69, 9.17) is 0 Å². The SMILES string of the molecule is CC1(C)CCC(C)(C)c2c(-c3cc4c(cc3N(c3ccc(-c5ccccc5)cc3)c3cccc5c3C(C)(C)CCC5(C)C)C(c3ccccc3)(c3ccccc3)c3ccccc3-4)cccc21. The average Bonchev–Trinajstić information content (AvgIpc) is 3.63. The molecule has 0 bridgehead atoms. The van der Waals surface area contributed by atoms with E-state index in [1.807, 2.05) is 0 Å². The summed E-state index contributed by atoms with van der Waals surface area (Å²) in [6, 6.07) is 71.7. The molecule has 3 aliphatic rings. The fourth-order valence-electron chi connectivity index (χ4n) is 12.6. The molecule has 0 saturated carbocycles. The summed E-state index contributed by atoms with van der Waals surface area (Å²) in [6.07, 6.45) is 4.58. The zero-order chi connectivity index (χ0) is 45.6. The summed E-state index contributed by atoms with van der Waals surface area (Å²) in [6.45, 7) is 19.8. The molecule has 1 nitrogen and oxygen atoms in total. The minimum absolute atomic E-state index is 0.0203. The van der Waals surface area contributed by atoms with Crippen molar-refractivity contribution < 1.29 is 0 Å². The minimum atomic E-state index is -0.556. The minimum Gasteiger partial charge on any atom is -0.310 e. The molecule has 0 saturated heterocycles. The molecule has 8 aromatic carbocycles. The Balaban J connectivity index is 1.31. The van der Waals surface area contributed by atoms with Gasteiger partial charge in [-0.05, 0) is 150 Å². The van der Waals surface area contributed by atoms with Crippen LogP contribution in [0.4, 0.5) is 17.1 Å². The van der Waals surface area contributed by atoms with E-state index >= 15 is 0 Å². The number of hydrogen-bond acceptors (Lipinski definition) is 1. The molecule has 66 heavy (non-hydrogen) atoms. The van der Waals surface area contributed by atoms with Gasteiger partial charge in [-0.1, -0.05) is 213 Å². The van der Waals surface area contributed by atoms with Crippen LogP contribution >= 0.6 is 0 Å². The van der Waals surface area contributed by atoms with Gasteiger partial charge in [0, 0.05) is 11.3 Å². The van der Waals surface area contributed by atoms with Crippen molar-refractivity contribution in [1.82, 2.24) is 0 Å². The molecule has 0 aliphatic heterocycles. The molecule has 0 heterocycles. The second-order valence-electron chi connectivity index (χ2n) is 22.2. The molecule has 0 amide bonds. The van der Waals surface area contributed by atoms with Gasteiger partial charge in [-0.25, -0.2) is 0 Å². The van der Waals surface area contributed by atoms with Gasteiger partial charge in [0.05, 0.1) is 16.8 Å². The van der Waals surface area contributed by atoms with Crippen LogP contribution in [0.3, 0.4) is 0 Å². The predicted molar refractivity (Wildman–Crippen MR) is 280 cm³/mol. The molecule has 3 aliphatic carbocycles. The summed E-state index contributed by atoms with van der Waals surface area (Å²) >= 11 is 0. The molecule has 0 aromatic heterocycles. The first-order valence-electron chi connectivity index (χ1n) is 24.4. The first-order valence-corrected chi connectivity index (χ1v) is 24.4. The van der Waals surface area contributed by atoms with Gasteiger partial charge in [-0.15, -0.1) is 0 Å². The van der Waals surface area contributed by atoms with Gasteiger partial charge < -0.3 is 4.90 Å². The van der Waals surface area contributed by atoms with Crippen LogP contribution < -0.4 is 4.90 Å². The third-order valence-corrected chi connectivity index (χ3v) is 16.2. The highest BCUT2D eigenvalue weighted by atomic mass is 15.1. The summed E-state index contributed by atoms with van der Waals surface area (Å²) in [4.78, 5) is 2.68. The highest BCUT2D eigenvalue weighted by Gasteiger charge is 2.48. The Kier molecular flexibility index (Phi) is 9.79. The maximum absolute atomic E-state index is 2.68. The lowest BCUT2D eigenvalue weighted by Crippen LogP contribution is -2.35. The quantitative estimate of drug-likeness (QED) is 0.154. The van der Waals surface area contributed by atoms with Crippen molar-refractivity contribution in [2.24, 2.45) is 0 Å². The highest BCUT2D eigenvalue weighted by Crippen LogP contribution is 2.61. The third kappa shape index (κ3) is 6.48.